The highest BCUT2D eigenvalue weighted by Crippen LogP contribution is 2.22. The molecule has 3 rings (SSSR count). The molecule has 0 radical (unpaired) electrons. The number of hydrogen-bond acceptors (Lipinski definition) is 4. The molecule has 0 atom stereocenters. The van der Waals surface area contributed by atoms with E-state index in [4.69, 9.17) is 16.0 Å². The highest BCUT2D eigenvalue weighted by Gasteiger charge is 2.09. The summed E-state index contributed by atoms with van der Waals surface area (Å²) in [5, 5.41) is 4.20. The fraction of sp³-hybridized carbons (Fsp3) is 0.125. The number of furan rings is 1. The lowest BCUT2D eigenvalue weighted by Gasteiger charge is -2.08. The number of benzene rings is 1. The van der Waals surface area contributed by atoms with Crippen LogP contribution in [0.5, 0.6) is 0 Å². The quantitative estimate of drug-likeness (QED) is 0.693. The van der Waals surface area contributed by atoms with Crippen LogP contribution in [0.15, 0.2) is 64.6 Å². The molecule has 0 unspecified atom stereocenters. The standard InChI is InChI=1S/C16H14ClN3O2S/c17-12-3-1-4-13(9-12)20-7-6-18-16(20)23-11-15(21)19-10-14-5-2-8-22-14/h1-9H,10-11H2,(H,19,21). The summed E-state index contributed by atoms with van der Waals surface area (Å²) >= 11 is 7.38. The molecule has 0 aliphatic rings. The zero-order valence-corrected chi connectivity index (χ0v) is 13.7. The first-order chi connectivity index (χ1) is 11.2. The molecular weight excluding hydrogens is 334 g/mol. The van der Waals surface area contributed by atoms with Crippen molar-refractivity contribution in [1.29, 1.82) is 0 Å². The molecule has 1 N–H and O–H groups in total. The molecular formula is C16H14ClN3O2S. The number of aromatic nitrogens is 2. The van der Waals surface area contributed by atoms with Gasteiger partial charge >= 0.3 is 0 Å². The van der Waals surface area contributed by atoms with E-state index in [2.05, 4.69) is 10.3 Å². The number of rotatable bonds is 6. The first-order valence-corrected chi connectivity index (χ1v) is 8.30. The third-order valence-electron chi connectivity index (χ3n) is 3.07. The van der Waals surface area contributed by atoms with Gasteiger partial charge in [0.25, 0.3) is 0 Å². The normalized spacial score (nSPS) is 10.7. The lowest BCUT2D eigenvalue weighted by Crippen LogP contribution is -2.24. The zero-order chi connectivity index (χ0) is 16.1. The molecule has 0 saturated carbocycles. The molecule has 0 bridgehead atoms. The van der Waals surface area contributed by atoms with Crippen LogP contribution in [0.25, 0.3) is 5.69 Å². The van der Waals surface area contributed by atoms with Gasteiger partial charge < -0.3 is 9.73 Å². The Hall–Kier alpha value is -2.18. The highest BCUT2D eigenvalue weighted by molar-refractivity contribution is 7.99. The molecule has 2 aromatic heterocycles. The summed E-state index contributed by atoms with van der Waals surface area (Å²) in [4.78, 5) is 16.2. The highest BCUT2D eigenvalue weighted by atomic mass is 35.5. The predicted molar refractivity (Wildman–Crippen MR) is 89.9 cm³/mol. The topological polar surface area (TPSA) is 60.1 Å². The molecule has 0 spiro atoms. The fourth-order valence-corrected chi connectivity index (χ4v) is 2.99. The van der Waals surface area contributed by atoms with Crippen molar-refractivity contribution in [2.45, 2.75) is 11.7 Å². The summed E-state index contributed by atoms with van der Waals surface area (Å²) < 4.78 is 7.07. The minimum Gasteiger partial charge on any atom is -0.467 e. The van der Waals surface area contributed by atoms with Crippen molar-refractivity contribution in [2.75, 3.05) is 5.75 Å². The smallest absolute Gasteiger partial charge is 0.230 e. The Morgan fingerprint density at radius 2 is 2.26 bits per heavy atom. The monoisotopic (exact) mass is 347 g/mol. The second-order valence-electron chi connectivity index (χ2n) is 4.70. The molecule has 0 aliphatic heterocycles. The van der Waals surface area contributed by atoms with Gasteiger partial charge in [-0.3, -0.25) is 9.36 Å². The number of imidazole rings is 1. The first-order valence-electron chi connectivity index (χ1n) is 6.93. The van der Waals surface area contributed by atoms with Gasteiger partial charge in [-0.25, -0.2) is 4.98 Å². The molecule has 5 nitrogen and oxygen atoms in total. The van der Waals surface area contributed by atoms with Gasteiger partial charge in [0.2, 0.25) is 5.91 Å². The fourth-order valence-electron chi connectivity index (χ4n) is 2.00. The SMILES string of the molecule is O=C(CSc1nccn1-c1cccc(Cl)c1)NCc1ccco1. The van der Waals surface area contributed by atoms with Crippen molar-refractivity contribution in [2.24, 2.45) is 0 Å². The van der Waals surface area contributed by atoms with Gasteiger partial charge in [0.15, 0.2) is 5.16 Å². The minimum atomic E-state index is -0.0768. The zero-order valence-electron chi connectivity index (χ0n) is 12.1. The Labute approximate surface area is 142 Å². The Balaban J connectivity index is 1.58. The van der Waals surface area contributed by atoms with Crippen molar-refractivity contribution in [3.05, 3.63) is 65.8 Å². The summed E-state index contributed by atoms with van der Waals surface area (Å²) in [5.41, 5.74) is 0.911. The van der Waals surface area contributed by atoms with Crippen LogP contribution in [0.3, 0.4) is 0 Å². The van der Waals surface area contributed by atoms with Crippen LogP contribution in [0.4, 0.5) is 0 Å². The van der Waals surface area contributed by atoms with Gasteiger partial charge in [-0.05, 0) is 30.3 Å². The number of nitrogens with zero attached hydrogens (tertiary/aromatic N) is 2. The molecule has 3 aromatic rings. The number of amides is 1. The van der Waals surface area contributed by atoms with Crippen molar-refractivity contribution in [3.63, 3.8) is 0 Å². The summed E-state index contributed by atoms with van der Waals surface area (Å²) in [6.45, 7) is 0.384. The summed E-state index contributed by atoms with van der Waals surface area (Å²) in [7, 11) is 0. The summed E-state index contributed by atoms with van der Waals surface area (Å²) in [6, 6.07) is 11.1. The molecule has 0 aliphatic carbocycles. The molecule has 118 valence electrons. The van der Waals surface area contributed by atoms with E-state index in [1.165, 1.54) is 11.8 Å². The number of carbonyl (C=O) groups excluding carboxylic acids is 1. The number of hydrogen-bond donors (Lipinski definition) is 1. The van der Waals surface area contributed by atoms with Crippen LogP contribution in [0, 0.1) is 0 Å². The van der Waals surface area contributed by atoms with Crippen LogP contribution >= 0.6 is 23.4 Å². The maximum absolute atomic E-state index is 11.9. The molecule has 1 amide bonds. The summed E-state index contributed by atoms with van der Waals surface area (Å²) in [6.07, 6.45) is 5.12. The van der Waals surface area contributed by atoms with Gasteiger partial charge in [0.05, 0.1) is 18.6 Å². The van der Waals surface area contributed by atoms with Crippen molar-refractivity contribution >= 4 is 29.3 Å². The average molecular weight is 348 g/mol. The number of carbonyl (C=O) groups is 1. The van der Waals surface area contributed by atoms with Crippen molar-refractivity contribution in [3.8, 4) is 5.69 Å². The van der Waals surface area contributed by atoms with E-state index in [0.29, 0.717) is 11.6 Å². The Morgan fingerprint density at radius 3 is 3.04 bits per heavy atom. The molecule has 0 saturated heterocycles. The van der Waals surface area contributed by atoms with Crippen LogP contribution in [-0.4, -0.2) is 21.2 Å². The second-order valence-corrected chi connectivity index (χ2v) is 6.08. The Bertz CT molecular complexity index is 786. The maximum Gasteiger partial charge on any atom is 0.230 e. The third kappa shape index (κ3) is 4.18. The van der Waals surface area contributed by atoms with Gasteiger partial charge in [0.1, 0.15) is 5.76 Å². The predicted octanol–water partition coefficient (Wildman–Crippen LogP) is 3.53. The van der Waals surface area contributed by atoms with Gasteiger partial charge in [0, 0.05) is 23.1 Å². The maximum atomic E-state index is 11.9. The Morgan fingerprint density at radius 1 is 1.35 bits per heavy atom. The molecule has 23 heavy (non-hydrogen) atoms. The lowest BCUT2D eigenvalue weighted by atomic mass is 10.3. The van der Waals surface area contributed by atoms with E-state index in [1.807, 2.05) is 41.1 Å². The second kappa shape index (κ2) is 7.39. The summed E-state index contributed by atoms with van der Waals surface area (Å²) in [5.74, 6) is 0.925. The Kier molecular flexibility index (Phi) is 5.05. The molecule has 1 aromatic carbocycles. The van der Waals surface area contributed by atoms with Gasteiger partial charge in [-0.1, -0.05) is 29.4 Å². The lowest BCUT2D eigenvalue weighted by molar-refractivity contribution is -0.118. The van der Waals surface area contributed by atoms with Crippen LogP contribution in [-0.2, 0) is 11.3 Å². The van der Waals surface area contributed by atoms with E-state index in [0.717, 1.165) is 16.6 Å². The minimum absolute atomic E-state index is 0.0768. The van der Waals surface area contributed by atoms with E-state index in [9.17, 15) is 4.79 Å². The first kappa shape index (κ1) is 15.7. The van der Waals surface area contributed by atoms with Gasteiger partial charge in [-0.15, -0.1) is 0 Å². The van der Waals surface area contributed by atoms with Crippen LogP contribution < -0.4 is 5.32 Å². The van der Waals surface area contributed by atoms with Crippen LogP contribution in [0.1, 0.15) is 5.76 Å². The van der Waals surface area contributed by atoms with E-state index in [-0.39, 0.29) is 11.7 Å². The van der Waals surface area contributed by atoms with Crippen LogP contribution in [0.2, 0.25) is 5.02 Å². The number of nitrogens with one attached hydrogen (secondary N) is 1. The van der Waals surface area contributed by atoms with E-state index in [1.54, 1.807) is 18.5 Å². The van der Waals surface area contributed by atoms with Gasteiger partial charge in [-0.2, -0.15) is 0 Å². The molecule has 0 fully saturated rings. The number of halogens is 1. The average Bonchev–Trinajstić information content (AvgIpc) is 3.22. The molecule has 7 heteroatoms. The van der Waals surface area contributed by atoms with E-state index < -0.39 is 0 Å². The van der Waals surface area contributed by atoms with E-state index >= 15 is 0 Å². The van der Waals surface area contributed by atoms with Crippen molar-refractivity contribution in [1.82, 2.24) is 14.9 Å². The molecule has 2 heterocycles. The largest absolute Gasteiger partial charge is 0.467 e. The number of thioether (sulfide) groups is 1. The third-order valence-corrected chi connectivity index (χ3v) is 4.27. The van der Waals surface area contributed by atoms with Crippen molar-refractivity contribution < 1.29 is 9.21 Å².